The Morgan fingerprint density at radius 1 is 1.32 bits per heavy atom. The third kappa shape index (κ3) is 2.56. The standard InChI is InChI=1S/C13H9BrN2OS2/c1-7-5-19-13-11(7)12(17)15-10(16-13)3-2-8-4-9(14)18-6-8/h2-6H,1H3,(H,15,16,17)/b3-2+. The number of aromatic amines is 1. The molecule has 3 nitrogen and oxygen atoms in total. The zero-order chi connectivity index (χ0) is 13.4. The second kappa shape index (κ2) is 5.03. The van der Waals surface area contributed by atoms with Crippen molar-refractivity contribution in [1.29, 1.82) is 0 Å². The Morgan fingerprint density at radius 3 is 2.89 bits per heavy atom. The molecule has 19 heavy (non-hydrogen) atoms. The number of aryl methyl sites for hydroxylation is 1. The second-order valence-electron chi connectivity index (χ2n) is 4.07. The van der Waals surface area contributed by atoms with E-state index in [1.807, 2.05) is 35.9 Å². The van der Waals surface area contributed by atoms with E-state index < -0.39 is 0 Å². The topological polar surface area (TPSA) is 45.8 Å². The maximum absolute atomic E-state index is 12.0. The highest BCUT2D eigenvalue weighted by atomic mass is 79.9. The predicted molar refractivity (Wildman–Crippen MR) is 85.9 cm³/mol. The van der Waals surface area contributed by atoms with Gasteiger partial charge in [-0.25, -0.2) is 4.98 Å². The molecule has 0 saturated carbocycles. The molecule has 0 radical (unpaired) electrons. The van der Waals surface area contributed by atoms with E-state index in [1.54, 1.807) is 11.3 Å². The summed E-state index contributed by atoms with van der Waals surface area (Å²) >= 11 is 6.54. The minimum atomic E-state index is -0.0742. The molecule has 3 aromatic rings. The lowest BCUT2D eigenvalue weighted by Crippen LogP contribution is -2.08. The fraction of sp³-hybridized carbons (Fsp3) is 0.0769. The Bertz CT molecular complexity index is 829. The van der Waals surface area contributed by atoms with Gasteiger partial charge in [-0.1, -0.05) is 6.08 Å². The number of hydrogen-bond acceptors (Lipinski definition) is 4. The van der Waals surface area contributed by atoms with E-state index in [-0.39, 0.29) is 5.56 Å². The minimum absolute atomic E-state index is 0.0742. The third-order valence-corrected chi connectivity index (χ3v) is 5.18. The van der Waals surface area contributed by atoms with E-state index in [0.29, 0.717) is 11.2 Å². The van der Waals surface area contributed by atoms with Crippen molar-refractivity contribution in [1.82, 2.24) is 9.97 Å². The average Bonchev–Trinajstić information content (AvgIpc) is 2.94. The number of aromatic nitrogens is 2. The van der Waals surface area contributed by atoms with Crippen LogP contribution in [0.4, 0.5) is 0 Å². The van der Waals surface area contributed by atoms with Gasteiger partial charge in [-0.15, -0.1) is 22.7 Å². The second-order valence-corrected chi connectivity index (χ2v) is 7.22. The lowest BCUT2D eigenvalue weighted by Gasteiger charge is -1.94. The summed E-state index contributed by atoms with van der Waals surface area (Å²) in [5, 5.41) is 4.68. The lowest BCUT2D eigenvalue weighted by atomic mass is 10.2. The van der Waals surface area contributed by atoms with Gasteiger partial charge < -0.3 is 4.98 Å². The van der Waals surface area contributed by atoms with Gasteiger partial charge in [0.15, 0.2) is 0 Å². The summed E-state index contributed by atoms with van der Waals surface area (Å²) in [6.45, 7) is 1.92. The van der Waals surface area contributed by atoms with Crippen molar-refractivity contribution < 1.29 is 0 Å². The molecule has 0 atom stereocenters. The highest BCUT2D eigenvalue weighted by Crippen LogP contribution is 2.23. The Morgan fingerprint density at radius 2 is 2.16 bits per heavy atom. The molecule has 3 aromatic heterocycles. The van der Waals surface area contributed by atoms with Crippen molar-refractivity contribution >= 4 is 61.0 Å². The molecule has 0 bridgehead atoms. The van der Waals surface area contributed by atoms with Crippen LogP contribution in [0.3, 0.4) is 0 Å². The number of nitrogens with one attached hydrogen (secondary N) is 1. The van der Waals surface area contributed by atoms with Crippen LogP contribution in [-0.2, 0) is 0 Å². The number of halogens is 1. The Balaban J connectivity index is 2.02. The summed E-state index contributed by atoms with van der Waals surface area (Å²) in [4.78, 5) is 20.0. The molecule has 0 saturated heterocycles. The molecule has 0 aliphatic rings. The molecule has 3 heterocycles. The van der Waals surface area contributed by atoms with Gasteiger partial charge in [0.1, 0.15) is 10.7 Å². The molecular formula is C13H9BrN2OS2. The van der Waals surface area contributed by atoms with Crippen molar-refractivity contribution in [3.63, 3.8) is 0 Å². The Labute approximate surface area is 125 Å². The van der Waals surface area contributed by atoms with Crippen LogP contribution in [0, 0.1) is 6.92 Å². The number of H-pyrrole nitrogens is 1. The van der Waals surface area contributed by atoms with Crippen molar-refractivity contribution in [3.8, 4) is 0 Å². The Kier molecular flexibility index (Phi) is 3.38. The maximum Gasteiger partial charge on any atom is 0.260 e. The van der Waals surface area contributed by atoms with E-state index in [0.717, 1.165) is 19.7 Å². The minimum Gasteiger partial charge on any atom is -0.306 e. The third-order valence-electron chi connectivity index (χ3n) is 2.67. The van der Waals surface area contributed by atoms with Gasteiger partial charge in [0.05, 0.1) is 9.17 Å². The first-order valence-electron chi connectivity index (χ1n) is 5.54. The quantitative estimate of drug-likeness (QED) is 0.747. The molecule has 3 rings (SSSR count). The van der Waals surface area contributed by atoms with Crippen LogP contribution in [0.15, 0.2) is 25.4 Å². The van der Waals surface area contributed by atoms with E-state index >= 15 is 0 Å². The van der Waals surface area contributed by atoms with Gasteiger partial charge in [-0.3, -0.25) is 4.79 Å². The van der Waals surface area contributed by atoms with Gasteiger partial charge >= 0.3 is 0 Å². The summed E-state index contributed by atoms with van der Waals surface area (Å²) in [5.41, 5.74) is 1.99. The molecule has 6 heteroatoms. The molecule has 0 fully saturated rings. The van der Waals surface area contributed by atoms with Crippen LogP contribution in [0.5, 0.6) is 0 Å². The van der Waals surface area contributed by atoms with Crippen LogP contribution in [0.2, 0.25) is 0 Å². The summed E-state index contributed by atoms with van der Waals surface area (Å²) in [7, 11) is 0. The van der Waals surface area contributed by atoms with Crippen molar-refractivity contribution in [3.05, 3.63) is 47.9 Å². The number of nitrogens with zero attached hydrogens (tertiary/aromatic N) is 1. The monoisotopic (exact) mass is 352 g/mol. The molecule has 0 aliphatic carbocycles. The normalized spacial score (nSPS) is 11.7. The molecule has 0 aliphatic heterocycles. The fourth-order valence-corrected chi connectivity index (χ4v) is 3.84. The summed E-state index contributed by atoms with van der Waals surface area (Å²) < 4.78 is 1.08. The van der Waals surface area contributed by atoms with E-state index in [1.165, 1.54) is 11.3 Å². The molecular weight excluding hydrogens is 344 g/mol. The molecule has 0 amide bonds. The number of fused-ring (bicyclic) bond motifs is 1. The lowest BCUT2D eigenvalue weighted by molar-refractivity contribution is 1.15. The van der Waals surface area contributed by atoms with Crippen molar-refractivity contribution in [2.24, 2.45) is 0 Å². The zero-order valence-corrected chi connectivity index (χ0v) is 13.2. The van der Waals surface area contributed by atoms with Crippen LogP contribution >= 0.6 is 38.6 Å². The summed E-state index contributed by atoms with van der Waals surface area (Å²) in [6, 6.07) is 2.02. The van der Waals surface area contributed by atoms with Crippen LogP contribution < -0.4 is 5.56 Å². The maximum atomic E-state index is 12.0. The first-order chi connectivity index (χ1) is 9.13. The molecule has 96 valence electrons. The molecule has 0 unspecified atom stereocenters. The first-order valence-corrected chi connectivity index (χ1v) is 8.09. The molecule has 1 N–H and O–H groups in total. The van der Waals surface area contributed by atoms with E-state index in [2.05, 4.69) is 25.9 Å². The van der Waals surface area contributed by atoms with Gasteiger partial charge in [0, 0.05) is 0 Å². The van der Waals surface area contributed by atoms with Crippen molar-refractivity contribution in [2.75, 3.05) is 0 Å². The van der Waals surface area contributed by atoms with E-state index in [9.17, 15) is 4.79 Å². The number of thiophene rings is 2. The Hall–Kier alpha value is -1.24. The van der Waals surface area contributed by atoms with E-state index in [4.69, 9.17) is 0 Å². The summed E-state index contributed by atoms with van der Waals surface area (Å²) in [6.07, 6.45) is 3.76. The van der Waals surface area contributed by atoms with Crippen molar-refractivity contribution in [2.45, 2.75) is 6.92 Å². The smallest absolute Gasteiger partial charge is 0.260 e. The van der Waals surface area contributed by atoms with Gasteiger partial charge in [-0.2, -0.15) is 0 Å². The number of hydrogen-bond donors (Lipinski definition) is 1. The highest BCUT2D eigenvalue weighted by Gasteiger charge is 2.06. The van der Waals surface area contributed by atoms with Gasteiger partial charge in [0.2, 0.25) is 0 Å². The SMILES string of the molecule is Cc1csc2nc(/C=C/c3csc(Br)c3)[nH]c(=O)c12. The molecule has 0 spiro atoms. The largest absolute Gasteiger partial charge is 0.306 e. The molecule has 0 aromatic carbocycles. The summed E-state index contributed by atoms with van der Waals surface area (Å²) in [5.74, 6) is 0.585. The van der Waals surface area contributed by atoms with Gasteiger partial charge in [0.25, 0.3) is 5.56 Å². The average molecular weight is 353 g/mol. The van der Waals surface area contributed by atoms with Gasteiger partial charge in [-0.05, 0) is 56.9 Å². The highest BCUT2D eigenvalue weighted by molar-refractivity contribution is 9.11. The predicted octanol–water partition coefficient (Wildman–Crippen LogP) is 4.29. The number of rotatable bonds is 2. The van der Waals surface area contributed by atoms with Crippen LogP contribution in [0.1, 0.15) is 17.0 Å². The first kappa shape index (κ1) is 12.8. The zero-order valence-electron chi connectivity index (χ0n) is 9.94. The van der Waals surface area contributed by atoms with Crippen LogP contribution in [0.25, 0.3) is 22.4 Å². The van der Waals surface area contributed by atoms with Crippen LogP contribution in [-0.4, -0.2) is 9.97 Å². The fourth-order valence-electron chi connectivity index (χ4n) is 1.77.